The van der Waals surface area contributed by atoms with Crippen molar-refractivity contribution >= 4 is 40.5 Å². The molecule has 1 saturated heterocycles. The van der Waals surface area contributed by atoms with Gasteiger partial charge in [0.1, 0.15) is 5.75 Å². The highest BCUT2D eigenvalue weighted by atomic mass is 32.1. The van der Waals surface area contributed by atoms with Crippen LogP contribution in [0.15, 0.2) is 72.8 Å². The predicted octanol–water partition coefficient (Wildman–Crippen LogP) is 5.08. The van der Waals surface area contributed by atoms with Crippen molar-refractivity contribution in [2.75, 3.05) is 43.5 Å². The number of ether oxygens (including phenoxy) is 1. The second kappa shape index (κ2) is 11.6. The number of hydrogen-bond donors (Lipinski definition) is 2. The van der Waals surface area contributed by atoms with E-state index in [-0.39, 0.29) is 22.3 Å². The van der Waals surface area contributed by atoms with Gasteiger partial charge in [-0.2, -0.15) is 0 Å². The number of carbonyl (C=O) groups is 2. The third-order valence-electron chi connectivity index (χ3n) is 6.63. The maximum Gasteiger partial charge on any atom is 0.257 e. The molecule has 1 aliphatic heterocycles. The van der Waals surface area contributed by atoms with Crippen molar-refractivity contribution in [1.29, 1.82) is 0 Å². The fourth-order valence-corrected chi connectivity index (χ4v) is 4.51. The molecule has 0 radical (unpaired) electrons. The molecule has 0 aromatic heterocycles. The van der Waals surface area contributed by atoms with Gasteiger partial charge in [0.05, 0.1) is 7.11 Å². The van der Waals surface area contributed by atoms with Gasteiger partial charge in [-0.05, 0) is 83.9 Å². The van der Waals surface area contributed by atoms with Crippen molar-refractivity contribution in [3.63, 3.8) is 0 Å². The van der Waals surface area contributed by atoms with Gasteiger partial charge in [0, 0.05) is 48.7 Å². The average molecular weight is 531 g/mol. The van der Waals surface area contributed by atoms with Gasteiger partial charge in [-0.3, -0.25) is 14.9 Å². The van der Waals surface area contributed by atoms with Crippen molar-refractivity contribution in [3.8, 4) is 5.75 Å². The van der Waals surface area contributed by atoms with Crippen LogP contribution in [0.25, 0.3) is 0 Å². The second-order valence-corrected chi connectivity index (χ2v) is 10.7. The zero-order valence-electron chi connectivity index (χ0n) is 22.3. The molecule has 198 valence electrons. The van der Waals surface area contributed by atoms with Gasteiger partial charge in [-0.15, -0.1) is 0 Å². The summed E-state index contributed by atoms with van der Waals surface area (Å²) in [6, 6.07) is 22.7. The van der Waals surface area contributed by atoms with Crippen LogP contribution in [0.3, 0.4) is 0 Å². The lowest BCUT2D eigenvalue weighted by Gasteiger charge is -2.36. The molecule has 1 aliphatic rings. The number of hydrogen-bond acceptors (Lipinski definition) is 5. The summed E-state index contributed by atoms with van der Waals surface area (Å²) >= 11 is 5.35. The van der Waals surface area contributed by atoms with E-state index in [0.717, 1.165) is 30.2 Å². The molecule has 0 saturated carbocycles. The van der Waals surface area contributed by atoms with E-state index in [1.54, 1.807) is 31.4 Å². The van der Waals surface area contributed by atoms with E-state index in [9.17, 15) is 9.59 Å². The van der Waals surface area contributed by atoms with Crippen molar-refractivity contribution in [2.45, 2.75) is 26.2 Å². The molecule has 8 heteroatoms. The molecule has 2 amide bonds. The first-order chi connectivity index (χ1) is 18.1. The minimum absolute atomic E-state index is 0.0281. The van der Waals surface area contributed by atoms with E-state index in [0.29, 0.717) is 24.2 Å². The number of rotatable bonds is 5. The molecule has 2 N–H and O–H groups in total. The Bertz CT molecular complexity index is 1280. The maximum atomic E-state index is 12.8. The first-order valence-electron chi connectivity index (χ1n) is 12.7. The molecule has 4 rings (SSSR count). The summed E-state index contributed by atoms with van der Waals surface area (Å²) in [6.07, 6.45) is 0. The molecule has 3 aromatic carbocycles. The van der Waals surface area contributed by atoms with Crippen LogP contribution in [-0.2, 0) is 5.41 Å². The van der Waals surface area contributed by atoms with Crippen LogP contribution < -0.4 is 20.3 Å². The standard InChI is InChI=1S/C30H34N4O3S/c1-30(2,3)23-9-5-21(6-10-23)27(35)32-29(38)31-24-11-13-25(14-12-24)33-17-19-34(20-18-33)28(36)22-7-15-26(37-4)16-8-22/h5-16H,17-20H2,1-4H3,(H2,31,32,35,38). The van der Waals surface area contributed by atoms with Crippen LogP contribution >= 0.6 is 12.2 Å². The normalized spacial score (nSPS) is 13.6. The fraction of sp³-hybridized carbons (Fsp3) is 0.300. The Balaban J connectivity index is 1.26. The Morgan fingerprint density at radius 1 is 0.816 bits per heavy atom. The lowest BCUT2D eigenvalue weighted by Crippen LogP contribution is -2.48. The average Bonchev–Trinajstić information content (AvgIpc) is 2.93. The summed E-state index contributed by atoms with van der Waals surface area (Å²) in [7, 11) is 1.61. The van der Waals surface area contributed by atoms with Gasteiger partial charge >= 0.3 is 0 Å². The van der Waals surface area contributed by atoms with Crippen molar-refractivity contribution in [3.05, 3.63) is 89.5 Å². The van der Waals surface area contributed by atoms with Gasteiger partial charge in [-0.1, -0.05) is 32.9 Å². The highest BCUT2D eigenvalue weighted by Crippen LogP contribution is 2.23. The maximum absolute atomic E-state index is 12.8. The lowest BCUT2D eigenvalue weighted by molar-refractivity contribution is 0.0746. The molecule has 0 aliphatic carbocycles. The van der Waals surface area contributed by atoms with E-state index in [1.807, 2.05) is 53.4 Å². The van der Waals surface area contributed by atoms with E-state index >= 15 is 0 Å². The van der Waals surface area contributed by atoms with E-state index in [2.05, 4.69) is 36.3 Å². The van der Waals surface area contributed by atoms with Crippen LogP contribution in [-0.4, -0.2) is 55.1 Å². The Kier molecular flexibility index (Phi) is 8.32. The number of methoxy groups -OCH3 is 1. The number of carbonyl (C=O) groups excluding carboxylic acids is 2. The van der Waals surface area contributed by atoms with Gasteiger partial charge < -0.3 is 19.9 Å². The van der Waals surface area contributed by atoms with Crippen molar-refractivity contribution in [1.82, 2.24) is 10.2 Å². The molecule has 38 heavy (non-hydrogen) atoms. The number of anilines is 2. The first kappa shape index (κ1) is 27.1. The molecule has 1 heterocycles. The smallest absolute Gasteiger partial charge is 0.257 e. The first-order valence-corrected chi connectivity index (χ1v) is 13.1. The predicted molar refractivity (Wildman–Crippen MR) is 156 cm³/mol. The molecule has 3 aromatic rings. The highest BCUT2D eigenvalue weighted by molar-refractivity contribution is 7.80. The Morgan fingerprint density at radius 2 is 1.39 bits per heavy atom. The molecule has 7 nitrogen and oxygen atoms in total. The van der Waals surface area contributed by atoms with Gasteiger partial charge in [0.2, 0.25) is 0 Å². The summed E-state index contributed by atoms with van der Waals surface area (Å²) in [6.45, 7) is 9.20. The van der Waals surface area contributed by atoms with E-state index in [1.165, 1.54) is 5.56 Å². The van der Waals surface area contributed by atoms with Crippen LogP contribution in [0.5, 0.6) is 5.75 Å². The van der Waals surface area contributed by atoms with E-state index < -0.39 is 0 Å². The summed E-state index contributed by atoms with van der Waals surface area (Å²) in [5.74, 6) is 0.521. The van der Waals surface area contributed by atoms with Crippen LogP contribution in [0, 0.1) is 0 Å². The third kappa shape index (κ3) is 6.69. The summed E-state index contributed by atoms with van der Waals surface area (Å²) in [4.78, 5) is 29.5. The second-order valence-electron chi connectivity index (χ2n) is 10.3. The molecular formula is C30H34N4O3S. The topological polar surface area (TPSA) is 73.9 Å². The summed E-state index contributed by atoms with van der Waals surface area (Å²) in [5, 5.41) is 6.06. The van der Waals surface area contributed by atoms with Crippen molar-refractivity contribution in [2.24, 2.45) is 0 Å². The van der Waals surface area contributed by atoms with Crippen LogP contribution in [0.4, 0.5) is 11.4 Å². The number of benzene rings is 3. The minimum atomic E-state index is -0.248. The van der Waals surface area contributed by atoms with Crippen LogP contribution in [0.2, 0.25) is 0 Å². The monoisotopic (exact) mass is 530 g/mol. The molecule has 0 unspecified atom stereocenters. The van der Waals surface area contributed by atoms with E-state index in [4.69, 9.17) is 17.0 Å². The Morgan fingerprint density at radius 3 is 1.95 bits per heavy atom. The summed E-state index contributed by atoms with van der Waals surface area (Å²) < 4.78 is 5.17. The number of amides is 2. The largest absolute Gasteiger partial charge is 0.497 e. The SMILES string of the molecule is COc1ccc(C(=O)N2CCN(c3ccc(NC(=S)NC(=O)c4ccc(C(C)(C)C)cc4)cc3)CC2)cc1. The molecule has 0 bridgehead atoms. The molecular weight excluding hydrogens is 496 g/mol. The molecule has 1 fully saturated rings. The number of piperazine rings is 1. The minimum Gasteiger partial charge on any atom is -0.497 e. The molecule has 0 spiro atoms. The molecule has 0 atom stereocenters. The Labute approximate surface area is 229 Å². The van der Waals surface area contributed by atoms with Gasteiger partial charge in [0.15, 0.2) is 5.11 Å². The number of nitrogens with one attached hydrogen (secondary N) is 2. The summed E-state index contributed by atoms with van der Waals surface area (Å²) in [5.41, 5.74) is 4.28. The quantitative estimate of drug-likeness (QED) is 0.448. The van der Waals surface area contributed by atoms with Gasteiger partial charge in [-0.25, -0.2) is 0 Å². The lowest BCUT2D eigenvalue weighted by atomic mass is 9.87. The zero-order chi connectivity index (χ0) is 27.3. The number of thiocarbonyl (C=S) groups is 1. The van der Waals surface area contributed by atoms with Gasteiger partial charge in [0.25, 0.3) is 11.8 Å². The third-order valence-corrected chi connectivity index (χ3v) is 6.84. The van der Waals surface area contributed by atoms with Crippen LogP contribution in [0.1, 0.15) is 47.1 Å². The zero-order valence-corrected chi connectivity index (χ0v) is 23.1. The number of nitrogens with zero attached hydrogens (tertiary/aromatic N) is 2. The van der Waals surface area contributed by atoms with Crippen molar-refractivity contribution < 1.29 is 14.3 Å². The fourth-order valence-electron chi connectivity index (χ4n) is 4.30. The Hall–Kier alpha value is -3.91. The highest BCUT2D eigenvalue weighted by Gasteiger charge is 2.22.